The van der Waals surface area contributed by atoms with Gasteiger partial charge < -0.3 is 35.2 Å². The van der Waals surface area contributed by atoms with E-state index in [0.717, 1.165) is 0 Å². The molecule has 1 unspecified atom stereocenters. The summed E-state index contributed by atoms with van der Waals surface area (Å²) in [4.78, 5) is 2.20. The molecule has 0 saturated heterocycles. The van der Waals surface area contributed by atoms with E-state index in [1.54, 1.807) is 0 Å². The second kappa shape index (κ2) is 8.44. The molecular weight excluding hydrogens is 283 g/mol. The molecule has 2 rings (SSSR count). The Morgan fingerprint density at radius 1 is 0.938 bits per heavy atom. The molecule has 0 aliphatic heterocycles. The average molecular weight is 302 g/mol. The minimum Gasteiger partial charge on any atom is -0.748 e. The summed E-state index contributed by atoms with van der Waals surface area (Å²) in [5.74, 6) is 0. The van der Waals surface area contributed by atoms with Crippen molar-refractivity contribution in [1.29, 1.82) is 0 Å². The van der Waals surface area contributed by atoms with E-state index < -0.39 is 0 Å². The zero-order valence-corrected chi connectivity index (χ0v) is 11.8. The summed E-state index contributed by atoms with van der Waals surface area (Å²) in [6, 6.07) is 19.0. The molecule has 1 atom stereocenters. The van der Waals surface area contributed by atoms with Gasteiger partial charge in [0.1, 0.15) is 0 Å². The number of hydrogen-bond donors (Lipinski definition) is 0. The van der Waals surface area contributed by atoms with Crippen LogP contribution >= 0.6 is 0 Å². The van der Waals surface area contributed by atoms with Crippen LogP contribution in [0.3, 0.4) is 0 Å². The van der Waals surface area contributed by atoms with Crippen LogP contribution in [-0.4, -0.2) is 19.0 Å². The predicted molar refractivity (Wildman–Crippen MR) is 66.2 cm³/mol. The van der Waals surface area contributed by atoms with Gasteiger partial charge in [0, 0.05) is 19.5 Å². The fourth-order valence-corrected chi connectivity index (χ4v) is 1.29. The van der Waals surface area contributed by atoms with Crippen molar-refractivity contribution in [2.75, 3.05) is 14.1 Å². The minimum atomic E-state index is 0. The van der Waals surface area contributed by atoms with Crippen LogP contribution in [0.5, 0.6) is 0 Å². The van der Waals surface area contributed by atoms with Gasteiger partial charge in [0.2, 0.25) is 0 Å². The van der Waals surface area contributed by atoms with Gasteiger partial charge in [-0.1, -0.05) is 6.92 Å². The molecule has 2 aromatic carbocycles. The van der Waals surface area contributed by atoms with E-state index in [4.69, 9.17) is 0 Å². The quantitative estimate of drug-likeness (QED) is 0.607. The van der Waals surface area contributed by atoms with E-state index in [0.29, 0.717) is 6.04 Å². The zero-order valence-electron chi connectivity index (χ0n) is 10.1. The van der Waals surface area contributed by atoms with Gasteiger partial charge in [-0.05, 0) is 20.1 Å². The molecule has 0 aromatic heterocycles. The van der Waals surface area contributed by atoms with Gasteiger partial charge >= 0.3 is 0 Å². The van der Waals surface area contributed by atoms with Crippen LogP contribution in [0.15, 0.2) is 54.6 Å². The second-order valence-corrected chi connectivity index (χ2v) is 3.82. The predicted octanol–water partition coefficient (Wildman–Crippen LogP) is 3.43. The average Bonchev–Trinajstić information content (AvgIpc) is 2.92. The van der Waals surface area contributed by atoms with Gasteiger partial charge in [-0.2, -0.15) is 12.1 Å². The summed E-state index contributed by atoms with van der Waals surface area (Å²) in [7, 11) is 4.19. The SMILES string of the molecule is CC([c-]1cccc1)N(C)C.[Ru].[cH-]1[cH-][cH-][cH-][cH-]1. The topological polar surface area (TPSA) is 3.24 Å². The largest absolute Gasteiger partial charge is 0.748 e. The summed E-state index contributed by atoms with van der Waals surface area (Å²) in [6.07, 6.45) is 0. The molecule has 0 bridgehead atoms. The molecule has 1 nitrogen and oxygen atoms in total. The molecule has 0 fully saturated rings. The molecule has 0 amide bonds. The van der Waals surface area contributed by atoms with E-state index in [9.17, 15) is 0 Å². The summed E-state index contributed by atoms with van der Waals surface area (Å²) in [6.45, 7) is 2.20. The van der Waals surface area contributed by atoms with Crippen molar-refractivity contribution < 1.29 is 19.5 Å². The van der Waals surface area contributed by atoms with E-state index in [2.05, 4.69) is 50.2 Å². The normalized spacial score (nSPS) is 11.2. The Kier molecular flexibility index (Phi) is 8.06. The molecule has 2 heteroatoms. The van der Waals surface area contributed by atoms with Crippen molar-refractivity contribution >= 4 is 0 Å². The van der Waals surface area contributed by atoms with Crippen molar-refractivity contribution in [2.24, 2.45) is 0 Å². The Morgan fingerprint density at radius 3 is 1.62 bits per heavy atom. The van der Waals surface area contributed by atoms with Gasteiger partial charge in [0.25, 0.3) is 0 Å². The van der Waals surface area contributed by atoms with Crippen LogP contribution in [0.2, 0.25) is 0 Å². The van der Waals surface area contributed by atoms with E-state index in [1.807, 2.05) is 30.3 Å². The molecule has 0 aliphatic rings. The Labute approximate surface area is 112 Å². The molecule has 0 aliphatic carbocycles. The molecule has 0 N–H and O–H groups in total. The summed E-state index contributed by atoms with van der Waals surface area (Å²) >= 11 is 0. The van der Waals surface area contributed by atoms with Crippen LogP contribution in [0.4, 0.5) is 0 Å². The first-order valence-electron chi connectivity index (χ1n) is 5.26. The maximum absolute atomic E-state index is 2.20. The number of hydrogen-bond acceptors (Lipinski definition) is 1. The van der Waals surface area contributed by atoms with Gasteiger partial charge in [0.05, 0.1) is 0 Å². The van der Waals surface area contributed by atoms with Gasteiger partial charge in [-0.15, -0.1) is 5.56 Å². The van der Waals surface area contributed by atoms with Crippen molar-refractivity contribution in [3.05, 3.63) is 60.2 Å². The van der Waals surface area contributed by atoms with Crippen molar-refractivity contribution in [1.82, 2.24) is 4.90 Å². The molecule has 0 heterocycles. The van der Waals surface area contributed by atoms with Crippen molar-refractivity contribution in [2.45, 2.75) is 13.0 Å². The fraction of sp³-hybridized carbons (Fsp3) is 0.286. The summed E-state index contributed by atoms with van der Waals surface area (Å²) in [5.41, 5.74) is 1.39. The first-order valence-corrected chi connectivity index (χ1v) is 5.26. The van der Waals surface area contributed by atoms with Gasteiger partial charge in [0.15, 0.2) is 0 Å². The number of nitrogens with zero attached hydrogens (tertiary/aromatic N) is 1. The molecule has 0 radical (unpaired) electrons. The third kappa shape index (κ3) is 5.39. The van der Waals surface area contributed by atoms with Crippen LogP contribution in [-0.2, 0) is 19.5 Å². The van der Waals surface area contributed by atoms with Crippen LogP contribution in [0.25, 0.3) is 0 Å². The fourth-order valence-electron chi connectivity index (χ4n) is 1.29. The first-order chi connectivity index (χ1) is 7.22. The van der Waals surface area contributed by atoms with Crippen LogP contribution in [0.1, 0.15) is 18.5 Å². The standard InChI is InChI=1S/C9H14N.C5H5.Ru/c1-8(10(2)3)9-6-4-5-7-9;1-2-4-5-3-1;/h4-8H,1-3H3;1-5H;/q-1;-5;. The molecule has 94 valence electrons. The monoisotopic (exact) mass is 303 g/mol. The van der Waals surface area contributed by atoms with E-state index >= 15 is 0 Å². The van der Waals surface area contributed by atoms with Gasteiger partial charge in [-0.3, -0.25) is 0 Å². The Bertz CT molecular complexity index is 304. The molecule has 0 spiro atoms. The summed E-state index contributed by atoms with van der Waals surface area (Å²) in [5, 5.41) is 0. The maximum atomic E-state index is 2.20. The van der Waals surface area contributed by atoms with Crippen LogP contribution < -0.4 is 0 Å². The molecular formula is C14H19NRu-6. The van der Waals surface area contributed by atoms with Crippen LogP contribution in [0, 0.1) is 0 Å². The molecule has 16 heavy (non-hydrogen) atoms. The van der Waals surface area contributed by atoms with Crippen molar-refractivity contribution in [3.63, 3.8) is 0 Å². The van der Waals surface area contributed by atoms with Gasteiger partial charge in [-0.25, -0.2) is 12.1 Å². The minimum absolute atomic E-state index is 0. The molecule has 2 aromatic rings. The zero-order chi connectivity index (χ0) is 11.1. The second-order valence-electron chi connectivity index (χ2n) is 3.82. The Balaban J connectivity index is 0.000000318. The Morgan fingerprint density at radius 2 is 1.31 bits per heavy atom. The third-order valence-electron chi connectivity index (χ3n) is 2.50. The number of rotatable bonds is 2. The third-order valence-corrected chi connectivity index (χ3v) is 2.50. The van der Waals surface area contributed by atoms with Crippen molar-refractivity contribution in [3.8, 4) is 0 Å². The van der Waals surface area contributed by atoms with E-state index in [-0.39, 0.29) is 19.5 Å². The summed E-state index contributed by atoms with van der Waals surface area (Å²) < 4.78 is 0. The molecule has 0 saturated carbocycles. The Hall–Kier alpha value is -0.717. The van der Waals surface area contributed by atoms with E-state index in [1.165, 1.54) is 5.56 Å². The smallest absolute Gasteiger partial charge is 0 e. The first kappa shape index (κ1) is 15.3. The maximum Gasteiger partial charge on any atom is 0 e.